The first kappa shape index (κ1) is 18.8. The third kappa shape index (κ3) is 4.22. The largest absolute Gasteiger partial charge is 0.285 e. The number of aromatic nitrogens is 2. The van der Waals surface area contributed by atoms with Gasteiger partial charge in [0.05, 0.1) is 17.6 Å². The lowest BCUT2D eigenvalue weighted by molar-refractivity contribution is 0.0976. The topological polar surface area (TPSA) is 81.1 Å². The summed E-state index contributed by atoms with van der Waals surface area (Å²) in [6.45, 7) is 3.88. The SMILES string of the molecule is Cc1ccc(-n2nc(C(=O)NS(C)(=O)=O)cc2-c2ccc(F)cc2)c(C)c1. The summed E-state index contributed by atoms with van der Waals surface area (Å²) in [6.07, 6.45) is 0.896. The number of hydrogen-bond donors (Lipinski definition) is 1. The molecule has 0 bridgehead atoms. The minimum atomic E-state index is -3.72. The van der Waals surface area contributed by atoms with Crippen molar-refractivity contribution < 1.29 is 17.6 Å². The maximum absolute atomic E-state index is 13.3. The molecule has 0 atom stereocenters. The van der Waals surface area contributed by atoms with Crippen molar-refractivity contribution >= 4 is 15.9 Å². The minimum Gasteiger partial charge on any atom is -0.266 e. The van der Waals surface area contributed by atoms with E-state index in [1.54, 1.807) is 16.8 Å². The molecule has 1 N–H and O–H groups in total. The molecule has 0 unspecified atom stereocenters. The van der Waals surface area contributed by atoms with Crippen LogP contribution in [0.1, 0.15) is 21.6 Å². The molecule has 140 valence electrons. The van der Waals surface area contributed by atoms with E-state index in [1.165, 1.54) is 18.2 Å². The number of hydrogen-bond acceptors (Lipinski definition) is 4. The monoisotopic (exact) mass is 387 g/mol. The molecular formula is C19H18FN3O3S. The van der Waals surface area contributed by atoms with Crippen LogP contribution in [-0.2, 0) is 10.0 Å². The number of carbonyl (C=O) groups is 1. The maximum Gasteiger partial charge on any atom is 0.285 e. The molecule has 6 nitrogen and oxygen atoms in total. The fraction of sp³-hybridized carbons (Fsp3) is 0.158. The summed E-state index contributed by atoms with van der Waals surface area (Å²) in [5.74, 6) is -1.21. The Balaban J connectivity index is 2.17. The third-order valence-corrected chi connectivity index (χ3v) is 4.50. The van der Waals surface area contributed by atoms with E-state index in [0.717, 1.165) is 23.1 Å². The zero-order chi connectivity index (χ0) is 19.8. The van der Waals surface area contributed by atoms with Crippen molar-refractivity contribution in [2.45, 2.75) is 13.8 Å². The number of halogens is 1. The molecule has 8 heteroatoms. The van der Waals surface area contributed by atoms with Crippen molar-refractivity contribution in [2.75, 3.05) is 6.26 Å². The van der Waals surface area contributed by atoms with Gasteiger partial charge in [0, 0.05) is 5.56 Å². The Kier molecular flexibility index (Phi) is 4.84. The average Bonchev–Trinajstić information content (AvgIpc) is 2.99. The van der Waals surface area contributed by atoms with E-state index < -0.39 is 15.9 Å². The summed E-state index contributed by atoms with van der Waals surface area (Å²) in [5, 5.41) is 4.30. The van der Waals surface area contributed by atoms with E-state index in [0.29, 0.717) is 11.3 Å². The molecule has 0 fully saturated rings. The van der Waals surface area contributed by atoms with Gasteiger partial charge in [-0.25, -0.2) is 22.2 Å². The van der Waals surface area contributed by atoms with Gasteiger partial charge in [-0.15, -0.1) is 0 Å². The van der Waals surface area contributed by atoms with Gasteiger partial charge in [-0.2, -0.15) is 5.10 Å². The van der Waals surface area contributed by atoms with Gasteiger partial charge in [-0.3, -0.25) is 4.79 Å². The number of benzene rings is 2. The van der Waals surface area contributed by atoms with Crippen LogP contribution in [0, 0.1) is 19.7 Å². The van der Waals surface area contributed by atoms with Crippen LogP contribution in [0.5, 0.6) is 0 Å². The molecule has 0 spiro atoms. The quantitative estimate of drug-likeness (QED) is 0.746. The number of rotatable bonds is 4. The summed E-state index contributed by atoms with van der Waals surface area (Å²) in [5.41, 5.74) is 3.86. The van der Waals surface area contributed by atoms with Gasteiger partial charge in [-0.1, -0.05) is 17.7 Å². The van der Waals surface area contributed by atoms with Gasteiger partial charge in [0.1, 0.15) is 5.82 Å². The molecule has 1 aromatic heterocycles. The smallest absolute Gasteiger partial charge is 0.266 e. The number of nitrogens with one attached hydrogen (secondary N) is 1. The van der Waals surface area contributed by atoms with Crippen molar-refractivity contribution in [3.8, 4) is 16.9 Å². The molecule has 27 heavy (non-hydrogen) atoms. The molecule has 3 rings (SSSR count). The van der Waals surface area contributed by atoms with Crippen LogP contribution in [0.25, 0.3) is 16.9 Å². The molecule has 1 heterocycles. The van der Waals surface area contributed by atoms with Crippen LogP contribution < -0.4 is 4.72 Å². The van der Waals surface area contributed by atoms with Gasteiger partial charge in [-0.05, 0) is 55.8 Å². The Morgan fingerprint density at radius 3 is 2.33 bits per heavy atom. The van der Waals surface area contributed by atoms with E-state index in [2.05, 4.69) is 5.10 Å². The molecule has 0 radical (unpaired) electrons. The first-order valence-corrected chi connectivity index (χ1v) is 9.99. The zero-order valence-corrected chi connectivity index (χ0v) is 15.8. The average molecular weight is 387 g/mol. The fourth-order valence-electron chi connectivity index (χ4n) is 2.77. The predicted molar refractivity (Wildman–Crippen MR) is 101 cm³/mol. The molecular weight excluding hydrogens is 369 g/mol. The highest BCUT2D eigenvalue weighted by Gasteiger charge is 2.20. The summed E-state index contributed by atoms with van der Waals surface area (Å²) in [6, 6.07) is 13.0. The van der Waals surface area contributed by atoms with Crippen LogP contribution >= 0.6 is 0 Å². The lowest BCUT2D eigenvalue weighted by Gasteiger charge is -2.11. The van der Waals surface area contributed by atoms with Crippen LogP contribution in [0.4, 0.5) is 4.39 Å². The van der Waals surface area contributed by atoms with Gasteiger partial charge >= 0.3 is 0 Å². The molecule has 0 aliphatic carbocycles. The van der Waals surface area contributed by atoms with Crippen LogP contribution in [0.3, 0.4) is 0 Å². The predicted octanol–water partition coefficient (Wildman–Crippen LogP) is 2.98. The van der Waals surface area contributed by atoms with Crippen LogP contribution in [0.15, 0.2) is 48.5 Å². The molecule has 2 aromatic carbocycles. The lowest BCUT2D eigenvalue weighted by atomic mass is 10.1. The van der Waals surface area contributed by atoms with E-state index in [1.807, 2.05) is 36.8 Å². The first-order valence-electron chi connectivity index (χ1n) is 8.10. The molecule has 0 saturated carbocycles. The molecule has 0 saturated heterocycles. The van der Waals surface area contributed by atoms with Crippen LogP contribution in [0.2, 0.25) is 0 Å². The van der Waals surface area contributed by atoms with E-state index in [4.69, 9.17) is 0 Å². The number of nitrogens with zero attached hydrogens (tertiary/aromatic N) is 2. The Morgan fingerprint density at radius 2 is 1.74 bits per heavy atom. The second-order valence-electron chi connectivity index (χ2n) is 6.33. The number of sulfonamides is 1. The molecule has 0 aliphatic heterocycles. The standard InChI is InChI=1S/C19H18FN3O3S/c1-12-4-9-17(13(2)10-12)23-18(14-5-7-15(20)8-6-14)11-16(21-23)19(24)22-27(3,25)26/h4-11H,1-3H3,(H,22,24). The van der Waals surface area contributed by atoms with Crippen molar-refractivity contribution in [3.63, 3.8) is 0 Å². The molecule has 3 aromatic rings. The van der Waals surface area contributed by atoms with Gasteiger partial charge in [0.15, 0.2) is 5.69 Å². The number of amides is 1. The van der Waals surface area contributed by atoms with E-state index in [-0.39, 0.29) is 11.5 Å². The normalized spacial score (nSPS) is 11.4. The molecule has 1 amide bonds. The summed E-state index contributed by atoms with van der Waals surface area (Å²) < 4.78 is 39.5. The lowest BCUT2D eigenvalue weighted by Crippen LogP contribution is -2.29. The summed E-state index contributed by atoms with van der Waals surface area (Å²) in [7, 11) is -3.72. The van der Waals surface area contributed by atoms with Crippen LogP contribution in [-0.4, -0.2) is 30.4 Å². The molecule has 0 aliphatic rings. The highest BCUT2D eigenvalue weighted by atomic mass is 32.2. The van der Waals surface area contributed by atoms with E-state index >= 15 is 0 Å². The summed E-state index contributed by atoms with van der Waals surface area (Å²) in [4.78, 5) is 12.3. The Hall–Kier alpha value is -3.00. The van der Waals surface area contributed by atoms with Gasteiger partial charge in [0.2, 0.25) is 10.0 Å². The van der Waals surface area contributed by atoms with Crippen molar-refractivity contribution in [3.05, 3.63) is 71.2 Å². The van der Waals surface area contributed by atoms with Crippen molar-refractivity contribution in [1.29, 1.82) is 0 Å². The van der Waals surface area contributed by atoms with E-state index in [9.17, 15) is 17.6 Å². The third-order valence-electron chi connectivity index (χ3n) is 3.94. The zero-order valence-electron chi connectivity index (χ0n) is 15.0. The highest BCUT2D eigenvalue weighted by molar-refractivity contribution is 7.89. The number of aryl methyl sites for hydroxylation is 2. The highest BCUT2D eigenvalue weighted by Crippen LogP contribution is 2.26. The van der Waals surface area contributed by atoms with Crippen molar-refractivity contribution in [2.24, 2.45) is 0 Å². The first-order chi connectivity index (χ1) is 12.6. The second kappa shape index (κ2) is 6.96. The second-order valence-corrected chi connectivity index (χ2v) is 8.08. The Bertz CT molecular complexity index is 1120. The minimum absolute atomic E-state index is 0.0558. The number of carbonyl (C=O) groups excluding carboxylic acids is 1. The maximum atomic E-state index is 13.3. The Morgan fingerprint density at radius 1 is 1.07 bits per heavy atom. The van der Waals surface area contributed by atoms with Gasteiger partial charge < -0.3 is 0 Å². The van der Waals surface area contributed by atoms with Crippen molar-refractivity contribution in [1.82, 2.24) is 14.5 Å². The van der Waals surface area contributed by atoms with Gasteiger partial charge in [0.25, 0.3) is 5.91 Å². The fourth-order valence-corrected chi connectivity index (χ4v) is 3.21. The summed E-state index contributed by atoms with van der Waals surface area (Å²) >= 11 is 0. The Labute approximate surface area is 156 Å².